The predicted molar refractivity (Wildman–Crippen MR) is 141 cm³/mol. The highest BCUT2D eigenvalue weighted by atomic mass is 35.5. The lowest BCUT2D eigenvalue weighted by Crippen LogP contribution is -2.60. The molecule has 10 heteroatoms. The summed E-state index contributed by atoms with van der Waals surface area (Å²) < 4.78 is 5.38. The number of ether oxygens (including phenoxy) is 1. The molecule has 196 valence electrons. The van der Waals surface area contributed by atoms with Crippen LogP contribution in [-0.2, 0) is 20.7 Å². The third-order valence-corrected chi connectivity index (χ3v) is 8.01. The van der Waals surface area contributed by atoms with Crippen molar-refractivity contribution in [3.63, 3.8) is 0 Å². The first-order valence-electron chi connectivity index (χ1n) is 12.2. The van der Waals surface area contributed by atoms with Crippen molar-refractivity contribution < 1.29 is 24.2 Å². The van der Waals surface area contributed by atoms with Gasteiger partial charge in [0.25, 0.3) is 5.91 Å². The van der Waals surface area contributed by atoms with Crippen molar-refractivity contribution in [1.29, 1.82) is 0 Å². The maximum absolute atomic E-state index is 12.9. The third kappa shape index (κ3) is 4.92. The molecule has 37 heavy (non-hydrogen) atoms. The number of halogens is 2. The lowest BCUT2D eigenvalue weighted by molar-refractivity contribution is -0.146. The van der Waals surface area contributed by atoms with E-state index >= 15 is 0 Å². The van der Waals surface area contributed by atoms with Crippen molar-refractivity contribution in [3.8, 4) is 0 Å². The zero-order chi connectivity index (χ0) is 26.8. The molecule has 1 amide bonds. The van der Waals surface area contributed by atoms with Crippen molar-refractivity contribution in [1.82, 2.24) is 10.3 Å². The number of aromatic nitrogens is 1. The van der Waals surface area contributed by atoms with E-state index in [4.69, 9.17) is 27.9 Å². The third-order valence-electron chi connectivity index (χ3n) is 7.43. The van der Waals surface area contributed by atoms with Crippen LogP contribution in [0.1, 0.15) is 61.4 Å². The molecule has 0 radical (unpaired) electrons. The molecule has 1 aromatic heterocycles. The summed E-state index contributed by atoms with van der Waals surface area (Å²) in [5.41, 5.74) is -0.0397. The molecule has 0 aliphatic heterocycles. The van der Waals surface area contributed by atoms with Gasteiger partial charge in [-0.2, -0.15) is 0 Å². The second-order valence-corrected chi connectivity index (χ2v) is 10.4. The summed E-state index contributed by atoms with van der Waals surface area (Å²) in [4.78, 5) is 42.0. The number of hydrogen-bond donors (Lipinski definition) is 3. The number of carboxylic acid groups (broad SMARTS) is 1. The SMILES string of the molecule is CC[C@@](Cc1ccc(NC(=O)c2c(Cl)cncc2Cl)cc1)(NC1=C(OC)C(=O)C12CCCCC2)C(=O)O. The fraction of sp³-hybridized carbons (Fsp3) is 0.407. The van der Waals surface area contributed by atoms with Gasteiger partial charge in [-0.3, -0.25) is 14.6 Å². The molecular formula is C27H29Cl2N3O5. The minimum atomic E-state index is -1.34. The van der Waals surface area contributed by atoms with Gasteiger partial charge in [0, 0.05) is 24.5 Å². The first-order chi connectivity index (χ1) is 17.7. The van der Waals surface area contributed by atoms with Crippen LogP contribution in [0, 0.1) is 5.41 Å². The summed E-state index contributed by atoms with van der Waals surface area (Å²) in [6.45, 7) is 1.80. The van der Waals surface area contributed by atoms with Crippen LogP contribution in [0.5, 0.6) is 0 Å². The number of carbonyl (C=O) groups is 3. The number of carbonyl (C=O) groups excluding carboxylic acids is 2. The minimum absolute atomic E-state index is 0.0397. The number of ketones is 1. The number of benzene rings is 1. The Bertz CT molecular complexity index is 1230. The van der Waals surface area contributed by atoms with Crippen molar-refractivity contribution in [2.24, 2.45) is 5.41 Å². The molecule has 1 atom stereocenters. The Hall–Kier alpha value is -3.10. The summed E-state index contributed by atoms with van der Waals surface area (Å²) >= 11 is 12.1. The molecule has 1 fully saturated rings. The number of nitrogens with one attached hydrogen (secondary N) is 2. The largest absolute Gasteiger partial charge is 0.491 e. The number of allylic oxidation sites excluding steroid dienone is 2. The molecule has 2 aliphatic carbocycles. The number of Topliss-reactive ketones (excluding diaryl/α,β-unsaturated/α-hetero) is 1. The van der Waals surface area contributed by atoms with Gasteiger partial charge in [-0.25, -0.2) is 4.79 Å². The Morgan fingerprint density at radius 2 is 1.73 bits per heavy atom. The summed E-state index contributed by atoms with van der Waals surface area (Å²) in [6.07, 6.45) is 7.42. The molecule has 1 aromatic carbocycles. The van der Waals surface area contributed by atoms with E-state index in [1.807, 2.05) is 0 Å². The van der Waals surface area contributed by atoms with Gasteiger partial charge in [0.15, 0.2) is 5.76 Å². The predicted octanol–water partition coefficient (Wildman–Crippen LogP) is 5.40. The van der Waals surface area contributed by atoms with Gasteiger partial charge >= 0.3 is 5.97 Å². The molecule has 2 aliphatic rings. The Morgan fingerprint density at radius 1 is 1.11 bits per heavy atom. The fourth-order valence-electron chi connectivity index (χ4n) is 5.26. The maximum Gasteiger partial charge on any atom is 0.329 e. The van der Waals surface area contributed by atoms with E-state index in [9.17, 15) is 19.5 Å². The van der Waals surface area contributed by atoms with Gasteiger partial charge in [-0.05, 0) is 37.0 Å². The lowest BCUT2D eigenvalue weighted by atomic mass is 9.61. The van der Waals surface area contributed by atoms with E-state index in [2.05, 4.69) is 15.6 Å². The van der Waals surface area contributed by atoms with Gasteiger partial charge in [0.05, 0.1) is 33.8 Å². The van der Waals surface area contributed by atoms with Crippen LogP contribution >= 0.6 is 23.2 Å². The number of amides is 1. The Labute approximate surface area is 225 Å². The van der Waals surface area contributed by atoms with Crippen molar-refractivity contribution in [3.05, 3.63) is 69.3 Å². The molecule has 1 heterocycles. The van der Waals surface area contributed by atoms with Gasteiger partial charge in [-0.15, -0.1) is 0 Å². The minimum Gasteiger partial charge on any atom is -0.491 e. The average Bonchev–Trinajstić information content (AvgIpc) is 2.89. The topological polar surface area (TPSA) is 118 Å². The highest BCUT2D eigenvalue weighted by molar-refractivity contribution is 6.40. The number of aliphatic carboxylic acids is 1. The molecular weight excluding hydrogens is 517 g/mol. The highest BCUT2D eigenvalue weighted by Crippen LogP contribution is 2.52. The highest BCUT2D eigenvalue weighted by Gasteiger charge is 2.57. The molecule has 0 unspecified atom stereocenters. The molecule has 1 saturated carbocycles. The number of nitrogens with zero attached hydrogens (tertiary/aromatic N) is 1. The zero-order valence-corrected chi connectivity index (χ0v) is 22.2. The Morgan fingerprint density at radius 3 is 2.27 bits per heavy atom. The Balaban J connectivity index is 1.55. The summed E-state index contributed by atoms with van der Waals surface area (Å²) in [5.74, 6) is -1.30. The maximum atomic E-state index is 12.9. The van der Waals surface area contributed by atoms with Crippen molar-refractivity contribution in [2.45, 2.75) is 57.4 Å². The van der Waals surface area contributed by atoms with E-state index < -0.39 is 22.8 Å². The van der Waals surface area contributed by atoms with Crippen molar-refractivity contribution >= 4 is 46.5 Å². The smallest absolute Gasteiger partial charge is 0.329 e. The van der Waals surface area contributed by atoms with E-state index in [1.165, 1.54) is 19.5 Å². The zero-order valence-electron chi connectivity index (χ0n) is 20.7. The van der Waals surface area contributed by atoms with Crippen LogP contribution in [0.15, 0.2) is 48.1 Å². The van der Waals surface area contributed by atoms with E-state index in [-0.39, 0.29) is 40.0 Å². The van der Waals surface area contributed by atoms with Crippen LogP contribution in [-0.4, -0.2) is 40.4 Å². The van der Waals surface area contributed by atoms with Gasteiger partial charge in [0.1, 0.15) is 5.54 Å². The number of rotatable bonds is 9. The number of carboxylic acids is 1. The standard InChI is InChI=1S/C27H29Cl2N3O5/c1-3-27(25(35)36,32-22-21(37-2)23(33)26(22)11-5-4-6-12-26)13-16-7-9-17(10-8-16)31-24(34)20-18(28)14-30-15-19(20)29/h7-10,14-15,32H,3-6,11-13H2,1-2H3,(H,31,34)(H,35,36)/t27-/m0/s1. The van der Waals surface area contributed by atoms with E-state index in [0.717, 1.165) is 24.8 Å². The summed E-state index contributed by atoms with van der Waals surface area (Å²) in [5, 5.41) is 16.6. The molecule has 4 rings (SSSR count). The van der Waals surface area contributed by atoms with Crippen LogP contribution in [0.4, 0.5) is 5.69 Å². The van der Waals surface area contributed by atoms with E-state index in [0.29, 0.717) is 24.2 Å². The number of anilines is 1. The fourth-order valence-corrected chi connectivity index (χ4v) is 5.79. The van der Waals surface area contributed by atoms with Gasteiger partial charge < -0.3 is 20.5 Å². The quantitative estimate of drug-likeness (QED) is 0.386. The van der Waals surface area contributed by atoms with E-state index in [1.54, 1.807) is 31.2 Å². The summed E-state index contributed by atoms with van der Waals surface area (Å²) in [6, 6.07) is 6.89. The molecule has 3 N–H and O–H groups in total. The Kier molecular flexibility index (Phi) is 7.80. The monoisotopic (exact) mass is 545 g/mol. The van der Waals surface area contributed by atoms with Gasteiger partial charge in [0.2, 0.25) is 5.78 Å². The number of pyridine rings is 1. The molecule has 0 bridgehead atoms. The van der Waals surface area contributed by atoms with Crippen molar-refractivity contribution in [2.75, 3.05) is 12.4 Å². The molecule has 8 nitrogen and oxygen atoms in total. The van der Waals surface area contributed by atoms with Crippen LogP contribution < -0.4 is 10.6 Å². The molecule has 2 aromatic rings. The first kappa shape index (κ1) is 26.9. The summed E-state index contributed by atoms with van der Waals surface area (Å²) in [7, 11) is 1.44. The number of methoxy groups -OCH3 is 1. The normalized spacial score (nSPS) is 18.1. The van der Waals surface area contributed by atoms with Gasteiger partial charge in [-0.1, -0.05) is 61.5 Å². The average molecular weight is 546 g/mol. The molecule has 1 spiro atoms. The first-order valence-corrected chi connectivity index (χ1v) is 13.0. The molecule has 0 saturated heterocycles. The second-order valence-electron chi connectivity index (χ2n) is 9.55. The second kappa shape index (κ2) is 10.7. The lowest BCUT2D eigenvalue weighted by Gasteiger charge is -2.48. The van der Waals surface area contributed by atoms with Crippen LogP contribution in [0.2, 0.25) is 10.0 Å². The van der Waals surface area contributed by atoms with Crippen LogP contribution in [0.25, 0.3) is 0 Å². The van der Waals surface area contributed by atoms with Crippen LogP contribution in [0.3, 0.4) is 0 Å². The number of hydrogen-bond acceptors (Lipinski definition) is 6.